The molecule has 0 heterocycles. The van der Waals surface area contributed by atoms with E-state index >= 15 is 0 Å². The topological polar surface area (TPSA) is 52.6 Å². The maximum atomic E-state index is 11.0. The molecule has 0 aromatic carbocycles. The van der Waals surface area contributed by atoms with Crippen LogP contribution in [0.1, 0.15) is 13.3 Å². The summed E-state index contributed by atoms with van der Waals surface area (Å²) in [5, 5.41) is 0. The van der Waals surface area contributed by atoms with E-state index in [0.29, 0.717) is 12.0 Å². The van der Waals surface area contributed by atoms with Gasteiger partial charge in [-0.25, -0.2) is 9.59 Å². The molecule has 1 aliphatic rings. The highest BCUT2D eigenvalue weighted by Gasteiger charge is 2.44. The molecule has 0 aromatic heterocycles. The van der Waals surface area contributed by atoms with Crippen LogP contribution in [0.2, 0.25) is 0 Å². The number of esters is 2. The summed E-state index contributed by atoms with van der Waals surface area (Å²) in [5.74, 6) is -0.948. The van der Waals surface area contributed by atoms with Crippen molar-refractivity contribution in [2.24, 2.45) is 0 Å². The number of ether oxygens (including phenoxy) is 2. The molecule has 1 aliphatic carbocycles. The second-order valence-corrected chi connectivity index (χ2v) is 3.14. The van der Waals surface area contributed by atoms with Gasteiger partial charge in [-0.3, -0.25) is 0 Å². The van der Waals surface area contributed by atoms with E-state index in [4.69, 9.17) is 9.47 Å². The zero-order valence-corrected chi connectivity index (χ0v) is 7.99. The summed E-state index contributed by atoms with van der Waals surface area (Å²) in [6.07, 6.45) is 1.00. The van der Waals surface area contributed by atoms with Gasteiger partial charge in [0.2, 0.25) is 0 Å². The van der Waals surface area contributed by atoms with E-state index < -0.39 is 11.9 Å². The molecule has 0 saturated heterocycles. The lowest BCUT2D eigenvalue weighted by Crippen LogP contribution is -2.12. The quantitative estimate of drug-likeness (QED) is 0.496. The summed E-state index contributed by atoms with van der Waals surface area (Å²) < 4.78 is 9.77. The van der Waals surface area contributed by atoms with Gasteiger partial charge in [-0.15, -0.1) is 0 Å². The molecule has 0 bridgehead atoms. The molecule has 0 spiro atoms. The van der Waals surface area contributed by atoms with Crippen LogP contribution in [0.25, 0.3) is 0 Å². The first-order valence-electron chi connectivity index (χ1n) is 4.24. The van der Waals surface area contributed by atoms with Gasteiger partial charge < -0.3 is 9.47 Å². The monoisotopic (exact) mass is 196 g/mol. The normalized spacial score (nSPS) is 23.5. The molecule has 0 N–H and O–H groups in total. The van der Waals surface area contributed by atoms with Crippen molar-refractivity contribution in [3.05, 3.63) is 24.8 Å². The van der Waals surface area contributed by atoms with Crippen molar-refractivity contribution in [2.75, 3.05) is 0 Å². The maximum absolute atomic E-state index is 11.0. The van der Waals surface area contributed by atoms with Crippen LogP contribution in [-0.4, -0.2) is 24.1 Å². The average molecular weight is 196 g/mol. The van der Waals surface area contributed by atoms with E-state index in [1.54, 1.807) is 6.92 Å². The van der Waals surface area contributed by atoms with E-state index in [0.717, 1.165) is 6.08 Å². The second kappa shape index (κ2) is 4.09. The Labute approximate surface area is 82.2 Å². The lowest BCUT2D eigenvalue weighted by Gasteiger charge is -2.03. The van der Waals surface area contributed by atoms with Crippen molar-refractivity contribution in [3.8, 4) is 0 Å². The van der Waals surface area contributed by atoms with Gasteiger partial charge in [-0.1, -0.05) is 13.2 Å². The minimum Gasteiger partial charge on any atom is -0.455 e. The van der Waals surface area contributed by atoms with Gasteiger partial charge in [0.05, 0.1) is 0 Å². The van der Waals surface area contributed by atoms with E-state index in [9.17, 15) is 9.59 Å². The maximum Gasteiger partial charge on any atom is 0.333 e. The molecule has 1 saturated carbocycles. The molecule has 76 valence electrons. The molecular weight excluding hydrogens is 184 g/mol. The van der Waals surface area contributed by atoms with E-state index in [-0.39, 0.29) is 12.2 Å². The molecule has 4 nitrogen and oxygen atoms in total. The second-order valence-electron chi connectivity index (χ2n) is 3.14. The van der Waals surface area contributed by atoms with E-state index in [1.165, 1.54) is 0 Å². The van der Waals surface area contributed by atoms with Crippen molar-refractivity contribution in [3.63, 3.8) is 0 Å². The Bertz CT molecular complexity index is 292. The third kappa shape index (κ3) is 2.73. The van der Waals surface area contributed by atoms with Crippen molar-refractivity contribution < 1.29 is 19.1 Å². The lowest BCUT2D eigenvalue weighted by molar-refractivity contribution is -0.147. The fourth-order valence-electron chi connectivity index (χ4n) is 0.834. The number of hydrogen-bond acceptors (Lipinski definition) is 4. The first kappa shape index (κ1) is 10.5. The largest absolute Gasteiger partial charge is 0.455 e. The third-order valence-corrected chi connectivity index (χ3v) is 1.72. The Morgan fingerprint density at radius 2 is 1.93 bits per heavy atom. The molecule has 0 radical (unpaired) electrons. The summed E-state index contributed by atoms with van der Waals surface area (Å²) in [5.41, 5.74) is 0.339. The van der Waals surface area contributed by atoms with E-state index in [1.807, 2.05) is 0 Å². The van der Waals surface area contributed by atoms with Gasteiger partial charge in [0.25, 0.3) is 0 Å². The molecule has 2 atom stereocenters. The Morgan fingerprint density at radius 3 is 2.43 bits per heavy atom. The zero-order valence-electron chi connectivity index (χ0n) is 7.99. The highest BCUT2D eigenvalue weighted by Crippen LogP contribution is 2.29. The number of carbonyl (C=O) groups is 2. The summed E-state index contributed by atoms with van der Waals surface area (Å²) in [4.78, 5) is 21.7. The van der Waals surface area contributed by atoms with Crippen LogP contribution in [-0.2, 0) is 19.1 Å². The van der Waals surface area contributed by atoms with Gasteiger partial charge >= 0.3 is 11.9 Å². The summed E-state index contributed by atoms with van der Waals surface area (Å²) in [7, 11) is 0. The highest BCUT2D eigenvalue weighted by atomic mass is 16.6. The molecule has 14 heavy (non-hydrogen) atoms. The third-order valence-electron chi connectivity index (χ3n) is 1.72. The first-order valence-corrected chi connectivity index (χ1v) is 4.24. The molecule has 2 unspecified atom stereocenters. The number of carbonyl (C=O) groups excluding carboxylic acids is 2. The molecule has 0 aromatic rings. The number of hydrogen-bond donors (Lipinski definition) is 0. The highest BCUT2D eigenvalue weighted by molar-refractivity contribution is 5.87. The predicted octanol–water partition coefficient (Wildman–Crippen LogP) is 0.976. The molecular formula is C10H12O4. The fraction of sp³-hybridized carbons (Fsp3) is 0.400. The fourth-order valence-corrected chi connectivity index (χ4v) is 0.834. The van der Waals surface area contributed by atoms with Crippen LogP contribution in [0, 0.1) is 0 Å². The smallest absolute Gasteiger partial charge is 0.333 e. The van der Waals surface area contributed by atoms with Crippen LogP contribution in [0.15, 0.2) is 24.8 Å². The van der Waals surface area contributed by atoms with Gasteiger partial charge in [0.1, 0.15) is 12.2 Å². The van der Waals surface area contributed by atoms with Crippen LogP contribution < -0.4 is 0 Å². The van der Waals surface area contributed by atoms with Crippen LogP contribution >= 0.6 is 0 Å². The van der Waals surface area contributed by atoms with Gasteiger partial charge in [0.15, 0.2) is 0 Å². The van der Waals surface area contributed by atoms with Crippen molar-refractivity contribution >= 4 is 11.9 Å². The summed E-state index contributed by atoms with van der Waals surface area (Å²) in [6.45, 7) is 8.26. The van der Waals surface area contributed by atoms with Crippen molar-refractivity contribution in [2.45, 2.75) is 25.6 Å². The lowest BCUT2D eigenvalue weighted by atomic mass is 10.4. The molecule has 1 rings (SSSR count). The van der Waals surface area contributed by atoms with Crippen molar-refractivity contribution in [1.29, 1.82) is 0 Å². The van der Waals surface area contributed by atoms with Crippen LogP contribution in [0.3, 0.4) is 0 Å². The standard InChI is InChI=1S/C10H12O4/c1-4-9(11)13-7-5-8(7)14-10(12)6(2)3/h4,7-8H,1-2,5H2,3H3. The predicted molar refractivity (Wildman–Crippen MR) is 49.4 cm³/mol. The van der Waals surface area contributed by atoms with Crippen molar-refractivity contribution in [1.82, 2.24) is 0 Å². The SMILES string of the molecule is C=CC(=O)OC1CC1OC(=O)C(=C)C. The summed E-state index contributed by atoms with van der Waals surface area (Å²) in [6, 6.07) is 0. The molecule has 0 aliphatic heterocycles. The Hall–Kier alpha value is -1.58. The molecule has 1 fully saturated rings. The first-order chi connectivity index (χ1) is 6.54. The Morgan fingerprint density at radius 1 is 1.36 bits per heavy atom. The van der Waals surface area contributed by atoms with Gasteiger partial charge in [0, 0.05) is 18.1 Å². The van der Waals surface area contributed by atoms with Crippen LogP contribution in [0.4, 0.5) is 0 Å². The molecule has 0 amide bonds. The Kier molecular flexibility index (Phi) is 3.06. The minimum atomic E-state index is -0.496. The average Bonchev–Trinajstić information content (AvgIpc) is 2.83. The van der Waals surface area contributed by atoms with E-state index in [2.05, 4.69) is 13.2 Å². The van der Waals surface area contributed by atoms with Gasteiger partial charge in [-0.05, 0) is 6.92 Å². The Balaban J connectivity index is 2.26. The summed E-state index contributed by atoms with van der Waals surface area (Å²) >= 11 is 0. The van der Waals surface area contributed by atoms with Gasteiger partial charge in [-0.2, -0.15) is 0 Å². The molecule has 4 heteroatoms. The zero-order chi connectivity index (χ0) is 10.7. The van der Waals surface area contributed by atoms with Crippen LogP contribution in [0.5, 0.6) is 0 Å². The number of rotatable bonds is 4. The minimum absolute atomic E-state index is 0.316.